The van der Waals surface area contributed by atoms with E-state index < -0.39 is 21.9 Å². The van der Waals surface area contributed by atoms with Gasteiger partial charge in [0.15, 0.2) is 0 Å². The second-order valence-electron chi connectivity index (χ2n) is 3.46. The van der Waals surface area contributed by atoms with E-state index in [0.29, 0.717) is 6.42 Å². The molecule has 0 aromatic rings. The van der Waals surface area contributed by atoms with E-state index in [1.54, 1.807) is 0 Å². The van der Waals surface area contributed by atoms with Gasteiger partial charge in [0.25, 0.3) is 0 Å². The molecule has 0 aromatic heterocycles. The lowest BCUT2D eigenvalue weighted by atomic mass is 10.3. The monoisotopic (exact) mass is 266 g/mol. The van der Waals surface area contributed by atoms with Gasteiger partial charge in [-0.3, -0.25) is 9.59 Å². The van der Waals surface area contributed by atoms with Gasteiger partial charge in [-0.15, -0.1) is 0 Å². The number of carbonyl (C=O) groups is 2. The first-order valence-electron chi connectivity index (χ1n) is 5.20. The van der Waals surface area contributed by atoms with Crippen molar-refractivity contribution in [3.8, 4) is 0 Å². The van der Waals surface area contributed by atoms with Crippen molar-refractivity contribution < 1.29 is 22.7 Å². The Hall–Kier alpha value is -1.15. The molecule has 3 N–H and O–H groups in total. The molecular weight excluding hydrogens is 248 g/mol. The van der Waals surface area contributed by atoms with E-state index in [4.69, 9.17) is 5.73 Å². The summed E-state index contributed by atoms with van der Waals surface area (Å²) in [5.74, 6) is -1.04. The van der Waals surface area contributed by atoms with Gasteiger partial charge < -0.3 is 10.5 Å². The Kier molecular flexibility index (Phi) is 7.47. The number of carbonyl (C=O) groups excluding carboxylic acids is 2. The summed E-state index contributed by atoms with van der Waals surface area (Å²) in [4.78, 5) is 21.1. The molecule has 0 spiro atoms. The van der Waals surface area contributed by atoms with Crippen molar-refractivity contribution in [2.75, 3.05) is 19.4 Å². The Bertz CT molecular complexity index is 352. The Labute approximate surface area is 101 Å². The maximum absolute atomic E-state index is 11.4. The van der Waals surface area contributed by atoms with Crippen LogP contribution in [0.5, 0.6) is 0 Å². The molecule has 100 valence electrons. The molecule has 0 unspecified atom stereocenters. The number of primary amides is 1. The lowest BCUT2D eigenvalue weighted by Crippen LogP contribution is -2.28. The maximum atomic E-state index is 11.4. The number of nitrogens with two attached hydrogens (primary N) is 1. The fourth-order valence-corrected chi connectivity index (χ4v) is 2.20. The highest BCUT2D eigenvalue weighted by Gasteiger charge is 2.11. The molecule has 7 nitrogen and oxygen atoms in total. The number of hydrogen-bond acceptors (Lipinski definition) is 5. The molecule has 1 amide bonds. The molecule has 17 heavy (non-hydrogen) atoms. The van der Waals surface area contributed by atoms with Gasteiger partial charge in [0, 0.05) is 19.4 Å². The van der Waals surface area contributed by atoms with Crippen molar-refractivity contribution in [1.82, 2.24) is 4.72 Å². The van der Waals surface area contributed by atoms with Crippen molar-refractivity contribution in [2.24, 2.45) is 5.73 Å². The van der Waals surface area contributed by atoms with E-state index in [1.807, 2.05) is 0 Å². The van der Waals surface area contributed by atoms with Gasteiger partial charge in [0.2, 0.25) is 15.9 Å². The average Bonchev–Trinajstić information content (AvgIpc) is 2.23. The number of sulfonamides is 1. The molecule has 0 fully saturated rings. The topological polar surface area (TPSA) is 116 Å². The van der Waals surface area contributed by atoms with Crippen LogP contribution in [0.15, 0.2) is 0 Å². The predicted octanol–water partition coefficient (Wildman–Crippen LogP) is -0.875. The van der Waals surface area contributed by atoms with Crippen LogP contribution in [0.25, 0.3) is 0 Å². The quantitative estimate of drug-likeness (QED) is 0.415. The third-order valence-corrected chi connectivity index (χ3v) is 3.41. The molecule has 0 rings (SSSR count). The summed E-state index contributed by atoms with van der Waals surface area (Å²) >= 11 is 0. The van der Waals surface area contributed by atoms with Gasteiger partial charge in [-0.2, -0.15) is 0 Å². The van der Waals surface area contributed by atoms with Gasteiger partial charge >= 0.3 is 5.97 Å². The maximum Gasteiger partial charge on any atom is 0.305 e. The molecule has 0 atom stereocenters. The van der Waals surface area contributed by atoms with E-state index >= 15 is 0 Å². The summed E-state index contributed by atoms with van der Waals surface area (Å²) in [5.41, 5.74) is 4.90. The zero-order valence-electron chi connectivity index (χ0n) is 9.77. The Morgan fingerprint density at radius 2 is 1.88 bits per heavy atom. The number of ether oxygens (including phenoxy) is 1. The third kappa shape index (κ3) is 9.76. The number of methoxy groups -OCH3 is 1. The predicted molar refractivity (Wildman–Crippen MR) is 61.5 cm³/mol. The summed E-state index contributed by atoms with van der Waals surface area (Å²) in [6.45, 7) is 0.170. The molecule has 0 heterocycles. The van der Waals surface area contributed by atoms with Crippen LogP contribution in [0.2, 0.25) is 0 Å². The van der Waals surface area contributed by atoms with Gasteiger partial charge in [-0.05, 0) is 12.8 Å². The van der Waals surface area contributed by atoms with Gasteiger partial charge in [-0.1, -0.05) is 0 Å². The summed E-state index contributed by atoms with van der Waals surface area (Å²) < 4.78 is 29.4. The Morgan fingerprint density at radius 1 is 1.24 bits per heavy atom. The van der Waals surface area contributed by atoms with Gasteiger partial charge in [0.05, 0.1) is 12.9 Å². The minimum Gasteiger partial charge on any atom is -0.469 e. The Morgan fingerprint density at radius 3 is 2.41 bits per heavy atom. The van der Waals surface area contributed by atoms with Crippen molar-refractivity contribution in [3.05, 3.63) is 0 Å². The molecule has 0 radical (unpaired) electrons. The van der Waals surface area contributed by atoms with Crippen LogP contribution in [0.3, 0.4) is 0 Å². The van der Waals surface area contributed by atoms with Crippen LogP contribution >= 0.6 is 0 Å². The molecule has 0 aliphatic rings. The van der Waals surface area contributed by atoms with E-state index in [0.717, 1.165) is 0 Å². The van der Waals surface area contributed by atoms with E-state index in [1.165, 1.54) is 7.11 Å². The molecule has 0 aliphatic carbocycles. The van der Waals surface area contributed by atoms with Crippen LogP contribution in [0.4, 0.5) is 0 Å². The first kappa shape index (κ1) is 15.9. The highest BCUT2D eigenvalue weighted by Crippen LogP contribution is 1.97. The number of esters is 1. The summed E-state index contributed by atoms with van der Waals surface area (Å²) in [6, 6.07) is 0. The van der Waals surface area contributed by atoms with Crippen LogP contribution in [-0.4, -0.2) is 39.7 Å². The zero-order valence-corrected chi connectivity index (χ0v) is 10.6. The largest absolute Gasteiger partial charge is 0.469 e. The Balaban J connectivity index is 3.73. The third-order valence-electron chi connectivity index (χ3n) is 1.94. The summed E-state index contributed by atoms with van der Waals surface area (Å²) in [6.07, 6.45) is 0.784. The van der Waals surface area contributed by atoms with E-state index in [9.17, 15) is 18.0 Å². The van der Waals surface area contributed by atoms with Crippen LogP contribution in [0, 0.1) is 0 Å². The molecule has 0 aromatic carbocycles. The highest BCUT2D eigenvalue weighted by molar-refractivity contribution is 7.89. The first-order valence-corrected chi connectivity index (χ1v) is 6.85. The van der Waals surface area contributed by atoms with Crippen molar-refractivity contribution in [2.45, 2.75) is 25.7 Å². The number of hydrogen-bond donors (Lipinski definition) is 2. The second-order valence-corrected chi connectivity index (χ2v) is 5.39. The normalized spacial score (nSPS) is 11.1. The number of rotatable bonds is 9. The summed E-state index contributed by atoms with van der Waals surface area (Å²) in [7, 11) is -2.14. The van der Waals surface area contributed by atoms with E-state index in [-0.39, 0.29) is 31.6 Å². The first-order chi connectivity index (χ1) is 7.87. The molecule has 8 heteroatoms. The fourth-order valence-electron chi connectivity index (χ4n) is 1.07. The highest BCUT2D eigenvalue weighted by atomic mass is 32.2. The number of amides is 1. The van der Waals surface area contributed by atoms with Crippen molar-refractivity contribution in [1.29, 1.82) is 0 Å². The van der Waals surface area contributed by atoms with Gasteiger partial charge in [0.1, 0.15) is 0 Å². The lowest BCUT2D eigenvalue weighted by molar-refractivity contribution is -0.140. The van der Waals surface area contributed by atoms with Crippen LogP contribution in [0.1, 0.15) is 25.7 Å². The number of nitrogens with one attached hydrogen (secondary N) is 1. The van der Waals surface area contributed by atoms with E-state index in [2.05, 4.69) is 9.46 Å². The minimum atomic E-state index is -3.39. The molecular formula is C9H18N2O5S. The second kappa shape index (κ2) is 8.02. The van der Waals surface area contributed by atoms with Crippen molar-refractivity contribution in [3.63, 3.8) is 0 Å². The SMILES string of the molecule is COC(=O)CCCS(=O)(=O)NCCCC(N)=O. The fraction of sp³-hybridized carbons (Fsp3) is 0.778. The lowest BCUT2D eigenvalue weighted by Gasteiger charge is -2.05. The molecule has 0 saturated heterocycles. The van der Waals surface area contributed by atoms with Crippen molar-refractivity contribution >= 4 is 21.9 Å². The molecule has 0 saturated carbocycles. The smallest absolute Gasteiger partial charge is 0.305 e. The van der Waals surface area contributed by atoms with Crippen LogP contribution in [-0.2, 0) is 24.3 Å². The van der Waals surface area contributed by atoms with Gasteiger partial charge in [-0.25, -0.2) is 13.1 Å². The zero-order chi connectivity index (χ0) is 13.3. The summed E-state index contributed by atoms with van der Waals surface area (Å²) in [5, 5.41) is 0. The van der Waals surface area contributed by atoms with Crippen LogP contribution < -0.4 is 10.5 Å². The standard InChI is InChI=1S/C9H18N2O5S/c1-16-9(13)5-3-7-17(14,15)11-6-2-4-8(10)12/h11H,2-7H2,1H3,(H2,10,12). The average molecular weight is 266 g/mol. The minimum absolute atomic E-state index is 0.0682. The molecule has 0 aliphatic heterocycles. The molecule has 0 bridgehead atoms.